The summed E-state index contributed by atoms with van der Waals surface area (Å²) in [4.78, 5) is 56.0. The van der Waals surface area contributed by atoms with Gasteiger partial charge in [-0.15, -0.1) is 0 Å². The molecule has 3 aliphatic carbocycles. The van der Waals surface area contributed by atoms with Crippen LogP contribution in [0, 0.1) is 23.7 Å². The van der Waals surface area contributed by atoms with Crippen LogP contribution < -0.4 is 9.64 Å². The maximum absolute atomic E-state index is 14.0. The monoisotopic (exact) mass is 547 g/mol. The minimum Gasteiger partial charge on any atom is -0.508 e. The molecule has 7 nitrogen and oxygen atoms in total. The first kappa shape index (κ1) is 25.4. The van der Waals surface area contributed by atoms with Gasteiger partial charge in [0.05, 0.1) is 23.8 Å². The van der Waals surface area contributed by atoms with Crippen molar-refractivity contribution in [2.75, 3.05) is 4.90 Å². The molecule has 2 aromatic carbocycles. The normalized spacial score (nSPS) is 26.9. The zero-order valence-electron chi connectivity index (χ0n) is 22.8. The molecule has 2 aliphatic heterocycles. The Bertz CT molecular complexity index is 1690. The molecular formula is C34H29NO6. The van der Waals surface area contributed by atoms with Crippen molar-refractivity contribution in [3.8, 4) is 11.5 Å². The zero-order valence-corrected chi connectivity index (χ0v) is 22.8. The molecule has 4 unspecified atom stereocenters. The van der Waals surface area contributed by atoms with E-state index in [1.165, 1.54) is 11.0 Å². The Kier molecular flexibility index (Phi) is 5.75. The molecule has 0 radical (unpaired) electrons. The second kappa shape index (κ2) is 9.26. The van der Waals surface area contributed by atoms with Crippen LogP contribution in [0.1, 0.15) is 37.8 Å². The summed E-state index contributed by atoms with van der Waals surface area (Å²) in [6.45, 7) is 3.69. The molecule has 0 spiro atoms. The number of Topliss-reactive ketones (excluding diaryl/α,β-unsaturated/α-hetero) is 1. The molecule has 1 fully saturated rings. The zero-order chi connectivity index (χ0) is 28.6. The maximum Gasteiger partial charge on any atom is 0.238 e. The molecule has 2 heterocycles. The highest BCUT2D eigenvalue weighted by Crippen LogP contribution is 2.55. The number of aromatic hydroxyl groups is 1. The molecule has 0 bridgehead atoms. The molecule has 41 heavy (non-hydrogen) atoms. The van der Waals surface area contributed by atoms with E-state index in [9.17, 15) is 24.3 Å². The fourth-order valence-electron chi connectivity index (χ4n) is 7.33. The van der Waals surface area contributed by atoms with E-state index in [0.29, 0.717) is 41.0 Å². The average Bonchev–Trinajstić information content (AvgIpc) is 3.24. The number of hydrogen-bond donors (Lipinski definition) is 1. The molecule has 1 N–H and O–H groups in total. The van der Waals surface area contributed by atoms with Crippen molar-refractivity contribution in [3.05, 3.63) is 99.9 Å². The summed E-state index contributed by atoms with van der Waals surface area (Å²) in [5, 5.41) is 10.1. The van der Waals surface area contributed by atoms with E-state index in [1.807, 2.05) is 37.3 Å². The van der Waals surface area contributed by atoms with Gasteiger partial charge in [0.2, 0.25) is 11.8 Å². The molecule has 7 rings (SSSR count). The molecule has 5 aliphatic rings. The van der Waals surface area contributed by atoms with Crippen LogP contribution >= 0.6 is 0 Å². The number of hydrogen-bond acceptors (Lipinski definition) is 6. The van der Waals surface area contributed by atoms with Crippen LogP contribution in [0.4, 0.5) is 5.69 Å². The van der Waals surface area contributed by atoms with Gasteiger partial charge in [0.1, 0.15) is 11.5 Å². The molecule has 0 aromatic heterocycles. The van der Waals surface area contributed by atoms with E-state index in [0.717, 1.165) is 28.7 Å². The third kappa shape index (κ3) is 3.79. The highest BCUT2D eigenvalue weighted by atomic mass is 16.5. The van der Waals surface area contributed by atoms with E-state index >= 15 is 0 Å². The summed E-state index contributed by atoms with van der Waals surface area (Å²) in [5.41, 5.74) is 5.36. The van der Waals surface area contributed by atoms with Crippen LogP contribution in [-0.4, -0.2) is 28.5 Å². The highest BCUT2D eigenvalue weighted by molar-refractivity contribution is 6.24. The second-order valence-corrected chi connectivity index (χ2v) is 11.5. The van der Waals surface area contributed by atoms with Gasteiger partial charge in [0.15, 0.2) is 11.6 Å². The van der Waals surface area contributed by atoms with Crippen LogP contribution in [0.3, 0.4) is 0 Å². The minimum absolute atomic E-state index is 0.111. The lowest BCUT2D eigenvalue weighted by Crippen LogP contribution is -2.41. The number of aryl methyl sites for hydroxylation is 1. The third-order valence-electron chi connectivity index (χ3n) is 9.31. The fourth-order valence-corrected chi connectivity index (χ4v) is 7.33. The Morgan fingerprint density at radius 1 is 1.00 bits per heavy atom. The number of benzene rings is 2. The summed E-state index contributed by atoms with van der Waals surface area (Å²) >= 11 is 0. The molecule has 1 saturated heterocycles. The molecule has 0 saturated carbocycles. The molecule has 2 aromatic rings. The van der Waals surface area contributed by atoms with E-state index < -0.39 is 23.7 Å². The number of fused-ring (bicyclic) bond motifs is 4. The number of imide groups is 1. The third-order valence-corrected chi connectivity index (χ3v) is 9.31. The molecular weight excluding hydrogens is 518 g/mol. The average molecular weight is 548 g/mol. The predicted molar refractivity (Wildman–Crippen MR) is 151 cm³/mol. The van der Waals surface area contributed by atoms with E-state index in [1.54, 1.807) is 31.4 Å². The van der Waals surface area contributed by atoms with E-state index in [4.69, 9.17) is 4.74 Å². The first-order valence-electron chi connectivity index (χ1n) is 14.1. The number of ketones is 2. The lowest BCUT2D eigenvalue weighted by Gasteiger charge is -2.43. The van der Waals surface area contributed by atoms with Crippen molar-refractivity contribution < 1.29 is 29.0 Å². The first-order valence-corrected chi connectivity index (χ1v) is 14.1. The molecule has 2 amide bonds. The maximum atomic E-state index is 14.0. The number of carbonyl (C=O) groups excluding carboxylic acids is 4. The van der Waals surface area contributed by atoms with Gasteiger partial charge in [0, 0.05) is 34.6 Å². The number of rotatable bonds is 3. The summed E-state index contributed by atoms with van der Waals surface area (Å²) in [6, 6.07) is 12.4. The number of ether oxygens (including phenoxy) is 1. The summed E-state index contributed by atoms with van der Waals surface area (Å²) in [7, 11) is 0. The van der Waals surface area contributed by atoms with Crippen molar-refractivity contribution >= 4 is 29.1 Å². The standard InChI is InChI=1S/C34H29NO6/c1-3-18-4-6-21(7-5-18)35-33(39)24-10-9-23-25(30(24)34(35)40)15-26-31(27(37)12-17(2)32(26)38)29(23)20-13-19-14-22(36)8-11-28(19)41-16-20/h4-9,11-12,14,16,24-25,29-30,36H,3,10,13,15H2,1-2H3. The molecule has 7 heteroatoms. The Morgan fingerprint density at radius 3 is 2.54 bits per heavy atom. The first-order chi connectivity index (χ1) is 19.8. The van der Waals surface area contributed by atoms with Crippen molar-refractivity contribution in [3.63, 3.8) is 0 Å². The number of phenolic OH excluding ortho intramolecular Hbond substituents is 1. The topological polar surface area (TPSA) is 101 Å². The Morgan fingerprint density at radius 2 is 1.78 bits per heavy atom. The number of carbonyl (C=O) groups is 4. The lowest BCUT2D eigenvalue weighted by molar-refractivity contribution is -0.123. The van der Waals surface area contributed by atoms with Gasteiger partial charge in [0.25, 0.3) is 0 Å². The molecule has 4 atom stereocenters. The predicted octanol–water partition coefficient (Wildman–Crippen LogP) is 4.94. The fraction of sp³-hybridized carbons (Fsp3) is 0.294. The number of phenols is 1. The lowest BCUT2D eigenvalue weighted by atomic mass is 9.58. The van der Waals surface area contributed by atoms with Gasteiger partial charge in [-0.3, -0.25) is 24.1 Å². The molecule has 206 valence electrons. The van der Waals surface area contributed by atoms with E-state index in [-0.39, 0.29) is 35.6 Å². The SMILES string of the molecule is CCc1ccc(N2C(=O)C3CC=C4C(C5=COc6ccc(O)cc6C5)C5=C(CC4C3C2=O)C(=O)C(C)=CC5=O)cc1. The quantitative estimate of drug-likeness (QED) is 0.332. The van der Waals surface area contributed by atoms with Crippen LogP contribution in [0.2, 0.25) is 0 Å². The largest absolute Gasteiger partial charge is 0.508 e. The van der Waals surface area contributed by atoms with Gasteiger partial charge < -0.3 is 9.84 Å². The van der Waals surface area contributed by atoms with Gasteiger partial charge in [-0.05, 0) is 79.6 Å². The van der Waals surface area contributed by atoms with Crippen LogP contribution in [-0.2, 0) is 32.0 Å². The number of amides is 2. The Hall–Kier alpha value is -4.52. The minimum atomic E-state index is -0.625. The van der Waals surface area contributed by atoms with Gasteiger partial charge in [-0.1, -0.05) is 30.7 Å². The Balaban J connectivity index is 1.32. The number of anilines is 1. The Labute approximate surface area is 237 Å². The van der Waals surface area contributed by atoms with Crippen LogP contribution in [0.15, 0.2) is 88.7 Å². The highest BCUT2D eigenvalue weighted by Gasteiger charge is 2.57. The summed E-state index contributed by atoms with van der Waals surface area (Å²) < 4.78 is 5.94. The smallest absolute Gasteiger partial charge is 0.238 e. The summed E-state index contributed by atoms with van der Waals surface area (Å²) in [5.74, 6) is -2.25. The van der Waals surface area contributed by atoms with Gasteiger partial charge in [-0.2, -0.15) is 0 Å². The van der Waals surface area contributed by atoms with Gasteiger partial charge >= 0.3 is 0 Å². The number of nitrogens with zero attached hydrogens (tertiary/aromatic N) is 1. The van der Waals surface area contributed by atoms with Crippen molar-refractivity contribution in [1.82, 2.24) is 0 Å². The van der Waals surface area contributed by atoms with Crippen molar-refractivity contribution in [2.24, 2.45) is 23.7 Å². The van der Waals surface area contributed by atoms with Crippen molar-refractivity contribution in [2.45, 2.75) is 39.5 Å². The van der Waals surface area contributed by atoms with Crippen molar-refractivity contribution in [1.29, 1.82) is 0 Å². The van der Waals surface area contributed by atoms with Crippen LogP contribution in [0.5, 0.6) is 11.5 Å². The van der Waals surface area contributed by atoms with E-state index in [2.05, 4.69) is 0 Å². The van der Waals surface area contributed by atoms with Crippen LogP contribution in [0.25, 0.3) is 0 Å². The number of allylic oxidation sites excluding steroid dienone is 7. The van der Waals surface area contributed by atoms with Gasteiger partial charge in [-0.25, -0.2) is 0 Å². The summed E-state index contributed by atoms with van der Waals surface area (Å²) in [6.07, 6.45) is 6.93. The second-order valence-electron chi connectivity index (χ2n) is 11.5.